The van der Waals surface area contributed by atoms with Crippen LogP contribution in [0.3, 0.4) is 0 Å². The second-order valence-corrected chi connectivity index (χ2v) is 9.59. The Bertz CT molecular complexity index is 1590. The van der Waals surface area contributed by atoms with Crippen molar-refractivity contribution in [2.45, 2.75) is 26.1 Å². The molecule has 0 saturated carbocycles. The van der Waals surface area contributed by atoms with Crippen molar-refractivity contribution in [3.8, 4) is 28.4 Å². The molecule has 0 bridgehead atoms. The first kappa shape index (κ1) is 26.8. The van der Waals surface area contributed by atoms with Crippen LogP contribution in [0.2, 0.25) is 5.02 Å². The van der Waals surface area contributed by atoms with Crippen molar-refractivity contribution >= 4 is 17.5 Å². The summed E-state index contributed by atoms with van der Waals surface area (Å²) < 4.78 is 17.8. The standard InChI is InChI=1S/C32H27ClN2O5/c33-26-17-24(13-16-27-30(31(32(34)37)35-40-27)23-11-14-25(36)15-12-23)28(38-19-21-7-3-1-4-8-21)18-29(26)39-20-22-9-5-2-6-10-22/h1-12,14-15,17-18,36H,13,16,19-20H2,(H2,34,37). The lowest BCUT2D eigenvalue weighted by molar-refractivity contribution is 0.0992. The first-order chi connectivity index (χ1) is 19.5. The predicted octanol–water partition coefficient (Wildman–Crippen LogP) is 6.74. The van der Waals surface area contributed by atoms with Crippen LogP contribution in [-0.4, -0.2) is 16.2 Å². The molecule has 0 unspecified atom stereocenters. The Morgan fingerprint density at radius 3 is 2.02 bits per heavy atom. The molecule has 7 nitrogen and oxygen atoms in total. The fourth-order valence-corrected chi connectivity index (χ4v) is 4.56. The topological polar surface area (TPSA) is 108 Å². The SMILES string of the molecule is NC(=O)c1noc(CCc2cc(Cl)c(OCc3ccccc3)cc2OCc2ccccc2)c1-c1ccc(O)cc1. The summed E-state index contributed by atoms with van der Waals surface area (Å²) in [4.78, 5) is 12.1. The normalized spacial score (nSPS) is 10.8. The summed E-state index contributed by atoms with van der Waals surface area (Å²) in [5.74, 6) is 1.02. The second kappa shape index (κ2) is 12.4. The maximum Gasteiger partial charge on any atom is 0.271 e. The average molecular weight is 555 g/mol. The lowest BCUT2D eigenvalue weighted by Crippen LogP contribution is -2.12. The third kappa shape index (κ3) is 6.45. The highest BCUT2D eigenvalue weighted by atomic mass is 35.5. The molecule has 5 rings (SSSR count). The number of primary amides is 1. The van der Waals surface area contributed by atoms with Crippen LogP contribution in [0, 0.1) is 0 Å². The Morgan fingerprint density at radius 2 is 1.43 bits per heavy atom. The van der Waals surface area contributed by atoms with Crippen LogP contribution in [0.15, 0.2) is 102 Å². The molecule has 0 aliphatic heterocycles. The van der Waals surface area contributed by atoms with Crippen molar-refractivity contribution in [3.05, 3.63) is 130 Å². The number of ether oxygens (including phenoxy) is 2. The number of carbonyl (C=O) groups is 1. The van der Waals surface area contributed by atoms with Crippen LogP contribution in [0.5, 0.6) is 17.2 Å². The van der Waals surface area contributed by atoms with Crippen LogP contribution < -0.4 is 15.2 Å². The third-order valence-electron chi connectivity index (χ3n) is 6.36. The van der Waals surface area contributed by atoms with Crippen molar-refractivity contribution < 1.29 is 23.9 Å². The van der Waals surface area contributed by atoms with Gasteiger partial charge in [0, 0.05) is 12.5 Å². The molecule has 1 aromatic heterocycles. The van der Waals surface area contributed by atoms with Crippen molar-refractivity contribution in [1.82, 2.24) is 5.16 Å². The summed E-state index contributed by atoms with van der Waals surface area (Å²) >= 11 is 6.65. The lowest BCUT2D eigenvalue weighted by atomic mass is 9.99. The number of carbonyl (C=O) groups excluding carboxylic acids is 1. The number of hydrogen-bond acceptors (Lipinski definition) is 6. The molecule has 8 heteroatoms. The molecule has 0 atom stereocenters. The number of amides is 1. The summed E-state index contributed by atoms with van der Waals surface area (Å²) in [6, 6.07) is 29.7. The van der Waals surface area contributed by atoms with Gasteiger partial charge in [-0.25, -0.2) is 0 Å². The van der Waals surface area contributed by atoms with E-state index in [2.05, 4.69) is 5.16 Å². The van der Waals surface area contributed by atoms with Gasteiger partial charge in [0.1, 0.15) is 36.2 Å². The molecule has 4 aromatic carbocycles. The maximum atomic E-state index is 12.1. The largest absolute Gasteiger partial charge is 0.508 e. The van der Waals surface area contributed by atoms with Gasteiger partial charge in [-0.05, 0) is 46.9 Å². The highest BCUT2D eigenvalue weighted by Gasteiger charge is 2.22. The molecular formula is C32H27ClN2O5. The summed E-state index contributed by atoms with van der Waals surface area (Å²) in [6.45, 7) is 0.725. The number of phenols is 1. The first-order valence-electron chi connectivity index (χ1n) is 12.7. The van der Waals surface area contributed by atoms with Crippen molar-refractivity contribution in [2.24, 2.45) is 5.73 Å². The minimum atomic E-state index is -0.701. The third-order valence-corrected chi connectivity index (χ3v) is 6.66. The monoisotopic (exact) mass is 554 g/mol. The fourth-order valence-electron chi connectivity index (χ4n) is 4.32. The molecule has 1 heterocycles. The lowest BCUT2D eigenvalue weighted by Gasteiger charge is -2.16. The number of nitrogens with two attached hydrogens (primary N) is 1. The van der Waals surface area contributed by atoms with E-state index in [1.165, 1.54) is 12.1 Å². The number of hydrogen-bond donors (Lipinski definition) is 2. The van der Waals surface area contributed by atoms with Crippen LogP contribution in [0.25, 0.3) is 11.1 Å². The van der Waals surface area contributed by atoms with Crippen LogP contribution >= 0.6 is 11.6 Å². The van der Waals surface area contributed by atoms with Gasteiger partial charge in [0.25, 0.3) is 5.91 Å². The summed E-state index contributed by atoms with van der Waals surface area (Å²) in [5.41, 5.74) is 9.62. The number of rotatable bonds is 11. The van der Waals surface area contributed by atoms with Gasteiger partial charge in [-0.1, -0.05) is 89.6 Å². The zero-order chi connectivity index (χ0) is 27.9. The van der Waals surface area contributed by atoms with E-state index < -0.39 is 5.91 Å². The molecular weight excluding hydrogens is 528 g/mol. The number of nitrogens with zero attached hydrogens (tertiary/aromatic N) is 1. The number of phenolic OH excluding ortho intramolecular Hbond substituents is 1. The zero-order valence-corrected chi connectivity index (χ0v) is 22.3. The molecule has 0 fully saturated rings. The summed E-state index contributed by atoms with van der Waals surface area (Å²) in [7, 11) is 0. The van der Waals surface area contributed by atoms with E-state index in [4.69, 9.17) is 31.3 Å². The van der Waals surface area contributed by atoms with E-state index in [0.29, 0.717) is 59.5 Å². The van der Waals surface area contributed by atoms with Crippen LogP contribution in [0.1, 0.15) is 32.9 Å². The van der Waals surface area contributed by atoms with Gasteiger partial charge >= 0.3 is 0 Å². The number of benzene rings is 4. The average Bonchev–Trinajstić information content (AvgIpc) is 3.40. The number of aryl methyl sites for hydroxylation is 2. The Morgan fingerprint density at radius 1 is 0.825 bits per heavy atom. The molecule has 202 valence electrons. The summed E-state index contributed by atoms with van der Waals surface area (Å²) in [5, 5.41) is 14.1. The van der Waals surface area contributed by atoms with E-state index in [9.17, 15) is 9.90 Å². The van der Waals surface area contributed by atoms with E-state index in [0.717, 1.165) is 16.7 Å². The molecule has 1 amide bonds. The molecule has 0 saturated heterocycles. The van der Waals surface area contributed by atoms with Crippen molar-refractivity contribution in [2.75, 3.05) is 0 Å². The van der Waals surface area contributed by atoms with Gasteiger partial charge in [0.2, 0.25) is 0 Å². The second-order valence-electron chi connectivity index (χ2n) is 9.18. The predicted molar refractivity (Wildman–Crippen MR) is 153 cm³/mol. The van der Waals surface area contributed by atoms with E-state index in [1.54, 1.807) is 18.2 Å². The van der Waals surface area contributed by atoms with Gasteiger partial charge in [0.15, 0.2) is 5.69 Å². The Hall–Kier alpha value is -4.75. The molecule has 3 N–H and O–H groups in total. The van der Waals surface area contributed by atoms with E-state index in [-0.39, 0.29) is 11.4 Å². The number of aromatic nitrogens is 1. The van der Waals surface area contributed by atoms with Crippen molar-refractivity contribution in [1.29, 1.82) is 0 Å². The van der Waals surface area contributed by atoms with E-state index in [1.807, 2.05) is 66.7 Å². The fraction of sp³-hybridized carbons (Fsp3) is 0.125. The Kier molecular flexibility index (Phi) is 8.32. The maximum absolute atomic E-state index is 12.1. The van der Waals surface area contributed by atoms with Gasteiger partial charge in [0.05, 0.1) is 10.6 Å². The van der Waals surface area contributed by atoms with Crippen LogP contribution in [-0.2, 0) is 26.1 Å². The van der Waals surface area contributed by atoms with Gasteiger partial charge in [-0.3, -0.25) is 4.79 Å². The number of halogens is 1. The molecule has 0 spiro atoms. The van der Waals surface area contributed by atoms with Crippen molar-refractivity contribution in [3.63, 3.8) is 0 Å². The zero-order valence-electron chi connectivity index (χ0n) is 21.5. The molecule has 5 aromatic rings. The molecule has 0 aliphatic carbocycles. The highest BCUT2D eigenvalue weighted by molar-refractivity contribution is 6.32. The first-order valence-corrected chi connectivity index (χ1v) is 13.1. The summed E-state index contributed by atoms with van der Waals surface area (Å²) in [6.07, 6.45) is 0.861. The molecule has 0 radical (unpaired) electrons. The van der Waals surface area contributed by atoms with Gasteiger partial charge in [-0.15, -0.1) is 0 Å². The Balaban J connectivity index is 1.42. The minimum absolute atomic E-state index is 0.0314. The van der Waals surface area contributed by atoms with Gasteiger partial charge in [-0.2, -0.15) is 0 Å². The van der Waals surface area contributed by atoms with Gasteiger partial charge < -0.3 is 24.8 Å². The van der Waals surface area contributed by atoms with Crippen LogP contribution in [0.4, 0.5) is 0 Å². The Labute approximate surface area is 236 Å². The molecule has 40 heavy (non-hydrogen) atoms. The molecule has 0 aliphatic rings. The number of aromatic hydroxyl groups is 1. The smallest absolute Gasteiger partial charge is 0.271 e. The van der Waals surface area contributed by atoms with E-state index >= 15 is 0 Å². The minimum Gasteiger partial charge on any atom is -0.508 e. The quantitative estimate of drug-likeness (QED) is 0.187. The highest BCUT2D eigenvalue weighted by Crippen LogP contribution is 2.36.